The van der Waals surface area contributed by atoms with E-state index in [1.807, 2.05) is 109 Å². The van der Waals surface area contributed by atoms with E-state index >= 15 is 0 Å². The number of para-hydroxylation sites is 2. The van der Waals surface area contributed by atoms with Gasteiger partial charge in [-0.25, -0.2) is 0 Å². The summed E-state index contributed by atoms with van der Waals surface area (Å²) in [6, 6.07) is 34.3. The van der Waals surface area contributed by atoms with Gasteiger partial charge in [-0.05, 0) is 59.9 Å². The average molecular weight is 501 g/mol. The first-order valence-electron chi connectivity index (χ1n) is 12.8. The van der Waals surface area contributed by atoms with E-state index in [9.17, 15) is 9.59 Å². The molecule has 0 spiro atoms. The fourth-order valence-electron chi connectivity index (χ4n) is 5.60. The topological polar surface area (TPSA) is 58.6 Å². The highest BCUT2D eigenvalue weighted by atomic mass is 16.5. The zero-order chi connectivity index (χ0) is 26.1. The van der Waals surface area contributed by atoms with Crippen molar-refractivity contribution in [1.82, 2.24) is 0 Å². The Balaban J connectivity index is 1.52. The quantitative estimate of drug-likeness (QED) is 0.331. The number of anilines is 2. The van der Waals surface area contributed by atoms with Gasteiger partial charge in [0.05, 0.1) is 24.5 Å². The average Bonchev–Trinajstić information content (AvgIpc) is 3.12. The summed E-state index contributed by atoms with van der Waals surface area (Å²) < 4.78 is 5.33. The maximum absolute atomic E-state index is 14.2. The molecule has 4 aromatic carbocycles. The molecule has 188 valence electrons. The van der Waals surface area contributed by atoms with Crippen LogP contribution in [-0.2, 0) is 4.79 Å². The van der Waals surface area contributed by atoms with Gasteiger partial charge >= 0.3 is 0 Å². The lowest BCUT2D eigenvalue weighted by atomic mass is 9.78. The molecule has 1 amide bonds. The van der Waals surface area contributed by atoms with Crippen LogP contribution in [0.4, 0.5) is 11.4 Å². The van der Waals surface area contributed by atoms with Crippen LogP contribution in [0.25, 0.3) is 0 Å². The molecule has 1 aliphatic carbocycles. The second-order valence-corrected chi connectivity index (χ2v) is 9.69. The summed E-state index contributed by atoms with van der Waals surface area (Å²) in [4.78, 5) is 30.0. The van der Waals surface area contributed by atoms with Crippen molar-refractivity contribution in [1.29, 1.82) is 0 Å². The number of allylic oxidation sites excluding steroid dienone is 1. The van der Waals surface area contributed by atoms with E-state index in [1.54, 1.807) is 12.0 Å². The van der Waals surface area contributed by atoms with Crippen molar-refractivity contribution >= 4 is 23.1 Å². The van der Waals surface area contributed by atoms with Gasteiger partial charge < -0.3 is 10.1 Å². The first-order chi connectivity index (χ1) is 18.6. The van der Waals surface area contributed by atoms with Crippen molar-refractivity contribution in [2.24, 2.45) is 0 Å². The maximum Gasteiger partial charge on any atom is 0.259 e. The first kappa shape index (κ1) is 23.7. The van der Waals surface area contributed by atoms with Crippen LogP contribution in [0.5, 0.6) is 5.75 Å². The van der Waals surface area contributed by atoms with E-state index in [0.29, 0.717) is 24.0 Å². The summed E-state index contributed by atoms with van der Waals surface area (Å²) in [5.41, 5.74) is 5.65. The number of carbonyl (C=O) groups is 2. The normalized spacial score (nSPS) is 18.7. The number of nitrogens with zero attached hydrogens (tertiary/aromatic N) is 1. The SMILES string of the molecule is COc1ccc([C@@H]2CC(=O)C3=C(C2)Nc2ccccc2N(C(=O)c2ccccc2)[C@@H]3c2ccccc2)cc1. The highest BCUT2D eigenvalue weighted by molar-refractivity contribution is 6.12. The molecule has 0 fully saturated rings. The number of fused-ring (bicyclic) bond motifs is 1. The van der Waals surface area contributed by atoms with E-state index in [0.717, 1.165) is 33.9 Å². The van der Waals surface area contributed by atoms with Gasteiger partial charge in [0.1, 0.15) is 5.75 Å². The molecule has 4 aromatic rings. The van der Waals surface area contributed by atoms with E-state index in [1.165, 1.54) is 0 Å². The molecule has 0 bridgehead atoms. The van der Waals surface area contributed by atoms with E-state index < -0.39 is 6.04 Å². The van der Waals surface area contributed by atoms with Gasteiger partial charge in [0.15, 0.2) is 5.78 Å². The van der Waals surface area contributed by atoms with E-state index in [-0.39, 0.29) is 17.6 Å². The Labute approximate surface area is 222 Å². The van der Waals surface area contributed by atoms with Crippen molar-refractivity contribution in [3.05, 3.63) is 137 Å². The summed E-state index contributed by atoms with van der Waals surface area (Å²) in [6.07, 6.45) is 1.04. The fourth-order valence-corrected chi connectivity index (χ4v) is 5.60. The number of benzene rings is 4. The largest absolute Gasteiger partial charge is 0.497 e. The smallest absolute Gasteiger partial charge is 0.259 e. The number of rotatable bonds is 4. The number of carbonyl (C=O) groups excluding carboxylic acids is 2. The van der Waals surface area contributed by atoms with Crippen LogP contribution in [0, 0.1) is 0 Å². The van der Waals surface area contributed by atoms with Crippen molar-refractivity contribution in [3.63, 3.8) is 0 Å². The number of ketones is 1. The van der Waals surface area contributed by atoms with Crippen LogP contribution in [0.15, 0.2) is 120 Å². The minimum atomic E-state index is -0.556. The number of nitrogens with one attached hydrogen (secondary N) is 1. The summed E-state index contributed by atoms with van der Waals surface area (Å²) in [7, 11) is 1.65. The third-order valence-corrected chi connectivity index (χ3v) is 7.43. The van der Waals surface area contributed by atoms with E-state index in [4.69, 9.17) is 4.74 Å². The molecule has 5 nitrogen and oxygen atoms in total. The highest BCUT2D eigenvalue weighted by Crippen LogP contribution is 2.47. The van der Waals surface area contributed by atoms with Gasteiger partial charge in [-0.1, -0.05) is 72.8 Å². The van der Waals surface area contributed by atoms with Crippen LogP contribution < -0.4 is 15.0 Å². The van der Waals surface area contributed by atoms with Crippen LogP contribution >= 0.6 is 0 Å². The molecule has 6 rings (SSSR count). The highest BCUT2D eigenvalue weighted by Gasteiger charge is 2.41. The van der Waals surface area contributed by atoms with Crippen molar-refractivity contribution in [2.45, 2.75) is 24.8 Å². The third-order valence-electron chi connectivity index (χ3n) is 7.43. The summed E-state index contributed by atoms with van der Waals surface area (Å²) in [5.74, 6) is 0.718. The Bertz CT molecular complexity index is 1510. The van der Waals surface area contributed by atoms with Gasteiger partial charge in [-0.3, -0.25) is 14.5 Å². The third kappa shape index (κ3) is 4.26. The van der Waals surface area contributed by atoms with Gasteiger partial charge in [-0.2, -0.15) is 0 Å². The number of ether oxygens (including phenoxy) is 1. The summed E-state index contributed by atoms with van der Waals surface area (Å²) >= 11 is 0. The maximum atomic E-state index is 14.2. The molecule has 38 heavy (non-hydrogen) atoms. The molecule has 2 atom stereocenters. The number of hydrogen-bond acceptors (Lipinski definition) is 4. The monoisotopic (exact) mass is 500 g/mol. The Morgan fingerprint density at radius 2 is 1.45 bits per heavy atom. The molecule has 0 aromatic heterocycles. The lowest BCUT2D eigenvalue weighted by molar-refractivity contribution is -0.116. The Kier molecular flexibility index (Phi) is 6.26. The molecule has 5 heteroatoms. The molecular formula is C33H28N2O3. The minimum Gasteiger partial charge on any atom is -0.497 e. The molecule has 0 saturated carbocycles. The van der Waals surface area contributed by atoms with Gasteiger partial charge in [0, 0.05) is 23.3 Å². The summed E-state index contributed by atoms with van der Waals surface area (Å²) in [5, 5.41) is 3.59. The van der Waals surface area contributed by atoms with Gasteiger partial charge in [-0.15, -0.1) is 0 Å². The Morgan fingerprint density at radius 1 is 0.789 bits per heavy atom. The number of hydrogen-bond donors (Lipinski definition) is 1. The van der Waals surface area contributed by atoms with Crippen LogP contribution in [-0.4, -0.2) is 18.8 Å². The van der Waals surface area contributed by atoms with Crippen LogP contribution in [0.2, 0.25) is 0 Å². The second kappa shape index (κ2) is 10.0. The van der Waals surface area contributed by atoms with Crippen LogP contribution in [0.1, 0.15) is 46.3 Å². The van der Waals surface area contributed by atoms with Crippen LogP contribution in [0.3, 0.4) is 0 Å². The van der Waals surface area contributed by atoms with Gasteiger partial charge in [0.25, 0.3) is 5.91 Å². The summed E-state index contributed by atoms with van der Waals surface area (Å²) in [6.45, 7) is 0. The zero-order valence-corrected chi connectivity index (χ0v) is 21.1. The molecule has 1 N–H and O–H groups in total. The standard InChI is InChI=1S/C33H28N2O3/c1-38-26-18-16-22(17-19-26)25-20-28-31(30(36)21-25)32(23-10-4-2-5-11-23)35(29-15-9-8-14-27(29)34-28)33(37)24-12-6-3-7-13-24/h2-19,25,32,34H,20-21H2,1H3/t25-,32+/m0/s1. The number of methoxy groups -OCH3 is 1. The molecule has 0 unspecified atom stereocenters. The van der Waals surface area contributed by atoms with Crippen molar-refractivity contribution in [3.8, 4) is 5.75 Å². The number of amides is 1. The molecule has 1 heterocycles. The van der Waals surface area contributed by atoms with Gasteiger partial charge in [0.2, 0.25) is 0 Å². The molecule has 0 radical (unpaired) electrons. The zero-order valence-electron chi connectivity index (χ0n) is 21.1. The Morgan fingerprint density at radius 3 is 2.16 bits per heavy atom. The number of Topliss-reactive ketones (excluding diaryl/α,β-unsaturated/α-hetero) is 1. The second-order valence-electron chi connectivity index (χ2n) is 9.69. The van der Waals surface area contributed by atoms with E-state index in [2.05, 4.69) is 5.32 Å². The first-order valence-corrected chi connectivity index (χ1v) is 12.8. The Hall–Kier alpha value is -4.64. The molecule has 0 saturated heterocycles. The fraction of sp³-hybridized carbons (Fsp3) is 0.152. The predicted molar refractivity (Wildman–Crippen MR) is 150 cm³/mol. The lowest BCUT2D eigenvalue weighted by Gasteiger charge is -2.35. The molecular weight excluding hydrogens is 472 g/mol. The minimum absolute atomic E-state index is 0.0274. The molecule has 1 aliphatic heterocycles. The lowest BCUT2D eigenvalue weighted by Crippen LogP contribution is -2.38. The van der Waals surface area contributed by atoms with Crippen molar-refractivity contribution in [2.75, 3.05) is 17.3 Å². The predicted octanol–water partition coefficient (Wildman–Crippen LogP) is 6.91. The van der Waals surface area contributed by atoms with Crippen molar-refractivity contribution < 1.29 is 14.3 Å². The molecule has 2 aliphatic rings.